The topological polar surface area (TPSA) is 82.5 Å². The number of aliphatic hydroxyl groups is 2. The Morgan fingerprint density at radius 1 is 1.00 bits per heavy atom. The molecule has 3 aromatic carbocycles. The average molecular weight is 612 g/mol. The van der Waals surface area contributed by atoms with Crippen LogP contribution in [0.15, 0.2) is 95.6 Å². The van der Waals surface area contributed by atoms with Crippen molar-refractivity contribution in [3.05, 3.63) is 129 Å². The number of benzene rings is 3. The first-order valence-corrected chi connectivity index (χ1v) is 15.0. The molecule has 0 aliphatic heterocycles. The van der Waals surface area contributed by atoms with Gasteiger partial charge in [-0.1, -0.05) is 66.7 Å². The molecule has 0 spiro atoms. The van der Waals surface area contributed by atoms with E-state index in [2.05, 4.69) is 56.6 Å². The second-order valence-electron chi connectivity index (χ2n) is 12.0. The lowest BCUT2D eigenvalue weighted by Crippen LogP contribution is -2.62. The summed E-state index contributed by atoms with van der Waals surface area (Å²) < 4.78 is 0.725. The number of nitrogens with one attached hydrogen (secondary N) is 1. The number of hydrogen-bond donors (Lipinski definition) is 3. The SMILES string of the molecule is Cc1nc(Br)ccc1NC(=O)c1ccc2c(c1)CC[C@@H]1C[C@@](O)(c3ccccc3)[C@](C)(O)C[C@@]21Cc1ccccc1. The Labute approximate surface area is 249 Å². The standard InChI is InChI=1S/C35H35BrN2O3/c1-23-30(17-18-31(36)37-23)38-32(39)26-14-16-29-25(19-26)13-15-28-21-35(41,27-11-7-4-8-12-27)33(2,40)22-34(28,29)20-24-9-5-3-6-10-24/h3-12,14,16-19,28,40-41H,13,15,20-22H2,1-2H3,(H,38,39)/t28-,33-,34-,35-/m1/s1. The van der Waals surface area contributed by atoms with E-state index in [9.17, 15) is 15.0 Å². The molecule has 1 fully saturated rings. The lowest BCUT2D eigenvalue weighted by Gasteiger charge is -2.59. The van der Waals surface area contributed by atoms with Gasteiger partial charge < -0.3 is 15.5 Å². The van der Waals surface area contributed by atoms with Gasteiger partial charge in [0.1, 0.15) is 10.2 Å². The van der Waals surface area contributed by atoms with E-state index in [1.807, 2.05) is 67.6 Å². The van der Waals surface area contributed by atoms with E-state index in [4.69, 9.17) is 0 Å². The molecular weight excluding hydrogens is 576 g/mol. The van der Waals surface area contributed by atoms with Crippen molar-refractivity contribution in [1.29, 1.82) is 0 Å². The third-order valence-electron chi connectivity index (χ3n) is 9.45. The van der Waals surface area contributed by atoms with E-state index in [0.29, 0.717) is 24.1 Å². The molecule has 1 heterocycles. The number of pyridine rings is 1. The lowest BCUT2D eigenvalue weighted by atomic mass is 9.48. The number of aryl methyl sites for hydroxylation is 2. The summed E-state index contributed by atoms with van der Waals surface area (Å²) in [6.45, 7) is 3.65. The largest absolute Gasteiger partial charge is 0.387 e. The molecule has 4 aromatic rings. The monoisotopic (exact) mass is 610 g/mol. The Morgan fingerprint density at radius 2 is 1.71 bits per heavy atom. The molecule has 0 saturated heterocycles. The number of hydrogen-bond acceptors (Lipinski definition) is 4. The maximum atomic E-state index is 13.3. The minimum atomic E-state index is -1.36. The first-order valence-electron chi connectivity index (χ1n) is 14.2. The van der Waals surface area contributed by atoms with Crippen molar-refractivity contribution in [2.24, 2.45) is 5.92 Å². The molecule has 41 heavy (non-hydrogen) atoms. The number of anilines is 1. The van der Waals surface area contributed by atoms with E-state index in [-0.39, 0.29) is 17.2 Å². The number of rotatable bonds is 5. The van der Waals surface area contributed by atoms with E-state index in [0.717, 1.165) is 40.7 Å². The zero-order valence-corrected chi connectivity index (χ0v) is 25.0. The van der Waals surface area contributed by atoms with Gasteiger partial charge in [0.15, 0.2) is 0 Å². The van der Waals surface area contributed by atoms with Gasteiger partial charge >= 0.3 is 0 Å². The zero-order valence-electron chi connectivity index (χ0n) is 23.4. The van der Waals surface area contributed by atoms with Crippen LogP contribution in [0.4, 0.5) is 5.69 Å². The summed E-state index contributed by atoms with van der Waals surface area (Å²) in [7, 11) is 0. The molecule has 6 rings (SSSR count). The van der Waals surface area contributed by atoms with Crippen molar-refractivity contribution in [3.63, 3.8) is 0 Å². The quantitative estimate of drug-likeness (QED) is 0.215. The molecule has 2 aliphatic rings. The van der Waals surface area contributed by atoms with Gasteiger partial charge in [0.25, 0.3) is 5.91 Å². The van der Waals surface area contributed by atoms with Crippen molar-refractivity contribution >= 4 is 27.5 Å². The summed E-state index contributed by atoms with van der Waals surface area (Å²) >= 11 is 3.38. The van der Waals surface area contributed by atoms with Gasteiger partial charge in [0.05, 0.1) is 17.0 Å². The van der Waals surface area contributed by atoms with Gasteiger partial charge in [-0.2, -0.15) is 0 Å². The van der Waals surface area contributed by atoms with Crippen LogP contribution < -0.4 is 5.32 Å². The van der Waals surface area contributed by atoms with Crippen LogP contribution in [0.2, 0.25) is 0 Å². The van der Waals surface area contributed by atoms with Crippen LogP contribution >= 0.6 is 15.9 Å². The van der Waals surface area contributed by atoms with Crippen molar-refractivity contribution in [1.82, 2.24) is 4.98 Å². The molecule has 1 aromatic heterocycles. The highest BCUT2D eigenvalue weighted by Crippen LogP contribution is 2.59. The summed E-state index contributed by atoms with van der Waals surface area (Å²) in [5.74, 6) is -0.0230. The first-order chi connectivity index (χ1) is 19.6. The Bertz CT molecular complexity index is 1590. The van der Waals surface area contributed by atoms with Crippen molar-refractivity contribution in [2.45, 2.75) is 62.6 Å². The maximum Gasteiger partial charge on any atom is 0.255 e. The average Bonchev–Trinajstić information content (AvgIpc) is 2.96. The molecule has 1 amide bonds. The van der Waals surface area contributed by atoms with Crippen LogP contribution in [-0.4, -0.2) is 26.7 Å². The fraction of sp³-hybridized carbons (Fsp3) is 0.314. The lowest BCUT2D eigenvalue weighted by molar-refractivity contribution is -0.204. The van der Waals surface area contributed by atoms with Crippen LogP contribution in [0.3, 0.4) is 0 Å². The molecule has 2 aliphatic carbocycles. The second-order valence-corrected chi connectivity index (χ2v) is 12.8. The van der Waals surface area contributed by atoms with Gasteiger partial charge in [0.2, 0.25) is 0 Å². The number of nitrogens with zero attached hydrogens (tertiary/aromatic N) is 1. The van der Waals surface area contributed by atoms with Gasteiger partial charge in [0, 0.05) is 11.0 Å². The predicted octanol–water partition coefficient (Wildman–Crippen LogP) is 6.88. The summed E-state index contributed by atoms with van der Waals surface area (Å²) in [5, 5.41) is 27.2. The Balaban J connectivity index is 1.40. The Morgan fingerprint density at radius 3 is 2.41 bits per heavy atom. The van der Waals surface area contributed by atoms with Crippen LogP contribution in [0.5, 0.6) is 0 Å². The molecule has 1 saturated carbocycles. The molecule has 4 atom stereocenters. The number of carbonyl (C=O) groups is 1. The van der Waals surface area contributed by atoms with Crippen molar-refractivity contribution in [2.75, 3.05) is 5.32 Å². The van der Waals surface area contributed by atoms with E-state index < -0.39 is 11.2 Å². The number of halogens is 1. The van der Waals surface area contributed by atoms with Crippen molar-refractivity contribution < 1.29 is 15.0 Å². The van der Waals surface area contributed by atoms with Gasteiger partial charge in [-0.05, 0) is 114 Å². The molecule has 0 bridgehead atoms. The first kappa shape index (κ1) is 27.8. The molecule has 0 radical (unpaired) electrons. The molecule has 0 unspecified atom stereocenters. The second kappa shape index (κ2) is 10.5. The summed E-state index contributed by atoms with van der Waals surface area (Å²) in [5.41, 5.74) is 3.18. The van der Waals surface area contributed by atoms with Crippen LogP contribution in [-0.2, 0) is 23.9 Å². The minimum absolute atomic E-state index is 0.150. The summed E-state index contributed by atoms with van der Waals surface area (Å²) in [6.07, 6.45) is 3.30. The summed E-state index contributed by atoms with van der Waals surface area (Å²) in [6, 6.07) is 29.7. The van der Waals surface area contributed by atoms with E-state index in [1.165, 1.54) is 11.1 Å². The van der Waals surface area contributed by atoms with Gasteiger partial charge in [-0.3, -0.25) is 4.79 Å². The summed E-state index contributed by atoms with van der Waals surface area (Å²) in [4.78, 5) is 17.7. The van der Waals surface area contributed by atoms with Crippen LogP contribution in [0.25, 0.3) is 0 Å². The van der Waals surface area contributed by atoms with Crippen molar-refractivity contribution in [3.8, 4) is 0 Å². The van der Waals surface area contributed by atoms with Crippen LogP contribution in [0.1, 0.15) is 64.5 Å². The predicted molar refractivity (Wildman–Crippen MR) is 165 cm³/mol. The zero-order chi connectivity index (χ0) is 28.8. The van der Waals surface area contributed by atoms with E-state index >= 15 is 0 Å². The highest BCUT2D eigenvalue weighted by Gasteiger charge is 2.61. The fourth-order valence-electron chi connectivity index (χ4n) is 7.39. The molecular formula is C35H35BrN2O3. The van der Waals surface area contributed by atoms with Crippen LogP contribution in [0, 0.1) is 12.8 Å². The highest BCUT2D eigenvalue weighted by atomic mass is 79.9. The number of carbonyl (C=O) groups excluding carboxylic acids is 1. The highest BCUT2D eigenvalue weighted by molar-refractivity contribution is 9.10. The molecule has 210 valence electrons. The van der Waals surface area contributed by atoms with E-state index in [1.54, 1.807) is 6.92 Å². The number of fused-ring (bicyclic) bond motifs is 3. The smallest absolute Gasteiger partial charge is 0.255 e. The fourth-order valence-corrected chi connectivity index (χ4v) is 7.79. The molecule has 6 heteroatoms. The minimum Gasteiger partial charge on any atom is -0.387 e. The third kappa shape index (κ3) is 4.92. The van der Waals surface area contributed by atoms with Gasteiger partial charge in [-0.15, -0.1) is 0 Å². The number of amides is 1. The maximum absolute atomic E-state index is 13.3. The molecule has 3 N–H and O–H groups in total. The molecule has 5 nitrogen and oxygen atoms in total. The number of aromatic nitrogens is 1. The normalized spacial score (nSPS) is 27.0. The Hall–Kier alpha value is -3.32. The Kier molecular flexibility index (Phi) is 7.13. The third-order valence-corrected chi connectivity index (χ3v) is 9.90. The van der Waals surface area contributed by atoms with Gasteiger partial charge in [-0.25, -0.2) is 4.98 Å².